The Hall–Kier alpha value is -1.15. The maximum atomic E-state index is 13.7. The van der Waals surface area contributed by atoms with E-state index in [1.54, 1.807) is 17.4 Å². The molecular formula is C13H11FIN3S. The lowest BCUT2D eigenvalue weighted by atomic mass is 10.2. The maximum absolute atomic E-state index is 13.7. The Morgan fingerprint density at radius 1 is 1.42 bits per heavy atom. The topological polar surface area (TPSA) is 43.8 Å². The van der Waals surface area contributed by atoms with Crippen LogP contribution in [-0.2, 0) is 6.54 Å². The van der Waals surface area contributed by atoms with Crippen molar-refractivity contribution >= 4 is 50.9 Å². The van der Waals surface area contributed by atoms with Crippen molar-refractivity contribution in [1.82, 2.24) is 9.55 Å². The minimum absolute atomic E-state index is 0.240. The molecule has 3 nitrogen and oxygen atoms in total. The molecule has 0 saturated carbocycles. The first-order valence-corrected chi connectivity index (χ1v) is 7.71. The molecule has 6 heteroatoms. The summed E-state index contributed by atoms with van der Waals surface area (Å²) in [6, 6.07) is 3.22. The zero-order chi connectivity index (χ0) is 13.6. The highest BCUT2D eigenvalue weighted by molar-refractivity contribution is 14.1. The van der Waals surface area contributed by atoms with Gasteiger partial charge in [-0.3, -0.25) is 0 Å². The number of aromatic nitrogens is 2. The first kappa shape index (κ1) is 12.9. The van der Waals surface area contributed by atoms with Crippen molar-refractivity contribution < 1.29 is 4.39 Å². The minimum atomic E-state index is -0.240. The molecule has 0 aliphatic carbocycles. The van der Waals surface area contributed by atoms with Crippen LogP contribution in [0.1, 0.15) is 11.1 Å². The number of halogens is 2. The molecule has 0 atom stereocenters. The summed E-state index contributed by atoms with van der Waals surface area (Å²) in [6.07, 6.45) is 0. The minimum Gasteiger partial charge on any atom is -0.369 e. The van der Waals surface area contributed by atoms with Crippen molar-refractivity contribution in [3.8, 4) is 0 Å². The van der Waals surface area contributed by atoms with Gasteiger partial charge in [0.15, 0.2) is 0 Å². The summed E-state index contributed by atoms with van der Waals surface area (Å²) in [6.45, 7) is 2.68. The Bertz CT molecular complexity index is 763. The lowest BCUT2D eigenvalue weighted by Crippen LogP contribution is -2.04. The number of nitrogens with zero attached hydrogens (tertiary/aromatic N) is 2. The molecule has 0 aliphatic rings. The molecule has 98 valence electrons. The Kier molecular flexibility index (Phi) is 3.22. The summed E-state index contributed by atoms with van der Waals surface area (Å²) < 4.78 is 16.1. The van der Waals surface area contributed by atoms with Crippen LogP contribution in [0.2, 0.25) is 0 Å². The SMILES string of the molecule is Cc1cscc1Cn1c(N)nc2cc(I)c(F)cc21. The van der Waals surface area contributed by atoms with E-state index >= 15 is 0 Å². The van der Waals surface area contributed by atoms with Gasteiger partial charge in [0.25, 0.3) is 0 Å². The van der Waals surface area contributed by atoms with E-state index in [-0.39, 0.29) is 5.82 Å². The Balaban J connectivity index is 2.15. The van der Waals surface area contributed by atoms with Crippen molar-refractivity contribution in [3.63, 3.8) is 0 Å². The molecule has 0 aliphatic heterocycles. The fraction of sp³-hybridized carbons (Fsp3) is 0.154. The maximum Gasteiger partial charge on any atom is 0.201 e. The number of hydrogen-bond acceptors (Lipinski definition) is 3. The van der Waals surface area contributed by atoms with Crippen molar-refractivity contribution in [3.05, 3.63) is 43.4 Å². The van der Waals surface area contributed by atoms with Crippen molar-refractivity contribution in [1.29, 1.82) is 0 Å². The van der Waals surface area contributed by atoms with Gasteiger partial charge < -0.3 is 10.3 Å². The van der Waals surface area contributed by atoms with Gasteiger partial charge >= 0.3 is 0 Å². The van der Waals surface area contributed by atoms with Gasteiger partial charge in [-0.1, -0.05) is 0 Å². The summed E-state index contributed by atoms with van der Waals surface area (Å²) in [4.78, 5) is 4.30. The standard InChI is InChI=1S/C13H11FIN3S/c1-7-5-19-6-8(7)4-18-12-2-9(14)10(15)3-11(12)17-13(18)16/h2-3,5-6H,4H2,1H3,(H2,16,17). The lowest BCUT2D eigenvalue weighted by molar-refractivity contribution is 0.621. The highest BCUT2D eigenvalue weighted by Crippen LogP contribution is 2.25. The largest absolute Gasteiger partial charge is 0.369 e. The second-order valence-corrected chi connectivity index (χ2v) is 6.30. The molecule has 0 unspecified atom stereocenters. The summed E-state index contributed by atoms with van der Waals surface area (Å²) >= 11 is 3.61. The van der Waals surface area contributed by atoms with Crippen LogP contribution in [0.5, 0.6) is 0 Å². The van der Waals surface area contributed by atoms with Gasteiger partial charge in [-0.05, 0) is 57.5 Å². The van der Waals surface area contributed by atoms with Crippen LogP contribution in [0, 0.1) is 16.3 Å². The molecule has 0 radical (unpaired) electrons. The van der Waals surface area contributed by atoms with Crippen molar-refractivity contribution in [2.45, 2.75) is 13.5 Å². The molecule has 2 aromatic heterocycles. The summed E-state index contributed by atoms with van der Waals surface area (Å²) in [5.41, 5.74) is 9.83. The molecule has 2 N–H and O–H groups in total. The highest BCUT2D eigenvalue weighted by atomic mass is 127. The molecular weight excluding hydrogens is 376 g/mol. The van der Waals surface area contributed by atoms with Gasteiger partial charge in [0.05, 0.1) is 21.1 Å². The normalized spacial score (nSPS) is 11.3. The smallest absolute Gasteiger partial charge is 0.201 e. The highest BCUT2D eigenvalue weighted by Gasteiger charge is 2.12. The fourth-order valence-corrected chi connectivity index (χ4v) is 3.32. The first-order valence-electron chi connectivity index (χ1n) is 5.68. The quantitative estimate of drug-likeness (QED) is 0.681. The number of rotatable bonds is 2. The van der Waals surface area contributed by atoms with E-state index in [0.717, 1.165) is 11.0 Å². The van der Waals surface area contributed by atoms with Crippen LogP contribution in [-0.4, -0.2) is 9.55 Å². The number of imidazole rings is 1. The predicted octanol–water partition coefficient (Wildman–Crippen LogP) is 3.78. The number of nitrogens with two attached hydrogens (primary N) is 1. The molecule has 19 heavy (non-hydrogen) atoms. The van der Waals surface area contributed by atoms with Gasteiger partial charge in [-0.25, -0.2) is 9.37 Å². The number of fused-ring (bicyclic) bond motifs is 1. The van der Waals surface area contributed by atoms with Crippen LogP contribution in [0.15, 0.2) is 22.9 Å². The zero-order valence-electron chi connectivity index (χ0n) is 10.2. The zero-order valence-corrected chi connectivity index (χ0v) is 13.1. The third-order valence-corrected chi connectivity index (χ3v) is 4.85. The molecule has 0 saturated heterocycles. The van der Waals surface area contributed by atoms with Crippen molar-refractivity contribution in [2.75, 3.05) is 5.73 Å². The van der Waals surface area contributed by atoms with Crippen LogP contribution in [0.25, 0.3) is 11.0 Å². The molecule has 3 rings (SSSR count). The number of aryl methyl sites for hydroxylation is 1. The Labute approximate surface area is 127 Å². The van der Waals surface area contributed by atoms with Crippen LogP contribution >= 0.6 is 33.9 Å². The van der Waals surface area contributed by atoms with E-state index in [9.17, 15) is 4.39 Å². The molecule has 1 aromatic carbocycles. The molecule has 3 aromatic rings. The average Bonchev–Trinajstić information content (AvgIpc) is 2.88. The predicted molar refractivity (Wildman–Crippen MR) is 85.0 cm³/mol. The van der Waals surface area contributed by atoms with Gasteiger partial charge in [0.1, 0.15) is 5.82 Å². The summed E-state index contributed by atoms with van der Waals surface area (Å²) in [5, 5.41) is 4.18. The second-order valence-electron chi connectivity index (χ2n) is 4.39. The molecule has 0 bridgehead atoms. The molecule has 0 fully saturated rings. The van der Waals surface area contributed by atoms with E-state index in [0.29, 0.717) is 16.1 Å². The van der Waals surface area contributed by atoms with E-state index in [1.165, 1.54) is 17.2 Å². The van der Waals surface area contributed by atoms with E-state index in [4.69, 9.17) is 5.73 Å². The van der Waals surface area contributed by atoms with Gasteiger partial charge in [-0.2, -0.15) is 11.3 Å². The summed E-state index contributed by atoms with van der Waals surface area (Å²) in [7, 11) is 0. The molecule has 0 amide bonds. The Morgan fingerprint density at radius 3 is 2.89 bits per heavy atom. The summed E-state index contributed by atoms with van der Waals surface area (Å²) in [5.74, 6) is 0.179. The van der Waals surface area contributed by atoms with Gasteiger partial charge in [0.2, 0.25) is 5.95 Å². The lowest BCUT2D eigenvalue weighted by Gasteiger charge is -2.06. The number of thiophene rings is 1. The monoisotopic (exact) mass is 387 g/mol. The van der Waals surface area contributed by atoms with Gasteiger partial charge in [-0.15, -0.1) is 0 Å². The average molecular weight is 387 g/mol. The second kappa shape index (κ2) is 4.75. The number of benzene rings is 1. The van der Waals surface area contributed by atoms with Crippen LogP contribution in [0.3, 0.4) is 0 Å². The first-order chi connectivity index (χ1) is 9.06. The van der Waals surface area contributed by atoms with Crippen LogP contribution in [0.4, 0.5) is 10.3 Å². The third kappa shape index (κ3) is 2.23. The van der Waals surface area contributed by atoms with E-state index in [1.807, 2.05) is 27.2 Å². The number of nitrogen functional groups attached to an aromatic ring is 1. The van der Waals surface area contributed by atoms with E-state index < -0.39 is 0 Å². The number of hydrogen-bond donors (Lipinski definition) is 1. The van der Waals surface area contributed by atoms with E-state index in [2.05, 4.69) is 22.7 Å². The molecule has 2 heterocycles. The van der Waals surface area contributed by atoms with Gasteiger partial charge in [0, 0.05) is 6.07 Å². The Morgan fingerprint density at radius 2 is 2.21 bits per heavy atom. The third-order valence-electron chi connectivity index (χ3n) is 3.11. The fourth-order valence-electron chi connectivity index (χ4n) is 2.02. The number of anilines is 1. The molecule has 0 spiro atoms. The van der Waals surface area contributed by atoms with Crippen LogP contribution < -0.4 is 5.73 Å². The van der Waals surface area contributed by atoms with Crippen molar-refractivity contribution in [2.24, 2.45) is 0 Å².